The van der Waals surface area contributed by atoms with Gasteiger partial charge in [0.25, 0.3) is 0 Å². The number of fused-ring (bicyclic) bond motifs is 2. The van der Waals surface area contributed by atoms with Crippen molar-refractivity contribution in [3.8, 4) is 23.0 Å². The molecule has 0 spiro atoms. The van der Waals surface area contributed by atoms with Crippen LogP contribution in [0.4, 0.5) is 11.4 Å². The zero-order valence-corrected chi connectivity index (χ0v) is 10.3. The average Bonchev–Trinajstić information content (AvgIpc) is 2.43. The molecule has 1 aliphatic rings. The van der Waals surface area contributed by atoms with Crippen LogP contribution in [0.1, 0.15) is 0 Å². The summed E-state index contributed by atoms with van der Waals surface area (Å²) in [6.07, 6.45) is 0. The summed E-state index contributed by atoms with van der Waals surface area (Å²) in [6.45, 7) is 0. The Morgan fingerprint density at radius 1 is 0.667 bits per heavy atom. The number of anilines is 2. The number of ether oxygens (including phenoxy) is 2. The highest BCUT2D eigenvalue weighted by Gasteiger charge is 2.19. The summed E-state index contributed by atoms with van der Waals surface area (Å²) >= 11 is 0. The minimum absolute atomic E-state index is 0.728. The Morgan fingerprint density at radius 3 is 1.50 bits per heavy atom. The lowest BCUT2D eigenvalue weighted by atomic mass is 10.2. The van der Waals surface area contributed by atoms with E-state index in [1.807, 2.05) is 50.5 Å². The van der Waals surface area contributed by atoms with Gasteiger partial charge in [0, 0.05) is 37.6 Å². The van der Waals surface area contributed by atoms with Gasteiger partial charge in [-0.05, 0) is 24.3 Å². The van der Waals surface area contributed by atoms with Gasteiger partial charge in [0.05, 0.1) is 0 Å². The fourth-order valence-electron chi connectivity index (χ4n) is 1.89. The first-order chi connectivity index (χ1) is 8.80. The van der Waals surface area contributed by atoms with Crippen molar-refractivity contribution in [2.24, 2.45) is 0 Å². The fraction of sp³-hybridized carbons (Fsp3) is 0.143. The van der Waals surface area contributed by atoms with Crippen molar-refractivity contribution < 1.29 is 9.47 Å². The van der Waals surface area contributed by atoms with Crippen LogP contribution in [0.25, 0.3) is 0 Å². The van der Waals surface area contributed by atoms with Crippen LogP contribution in [-0.2, 0) is 0 Å². The number of hydrogen-bond acceptors (Lipinski definition) is 4. The second-order valence-corrected chi connectivity index (χ2v) is 4.03. The molecule has 18 heavy (non-hydrogen) atoms. The maximum Gasteiger partial charge on any atom is 0.172 e. The van der Waals surface area contributed by atoms with Crippen molar-refractivity contribution in [1.29, 1.82) is 0 Å². The summed E-state index contributed by atoms with van der Waals surface area (Å²) in [7, 11) is 3.75. The van der Waals surface area contributed by atoms with Gasteiger partial charge < -0.3 is 20.1 Å². The van der Waals surface area contributed by atoms with Crippen LogP contribution in [0.3, 0.4) is 0 Å². The van der Waals surface area contributed by atoms with E-state index in [0.29, 0.717) is 0 Å². The summed E-state index contributed by atoms with van der Waals surface area (Å²) in [4.78, 5) is 0. The summed E-state index contributed by atoms with van der Waals surface area (Å²) in [5, 5.41) is 6.15. The maximum absolute atomic E-state index is 5.83. The van der Waals surface area contributed by atoms with Crippen LogP contribution in [0.5, 0.6) is 23.0 Å². The van der Waals surface area contributed by atoms with E-state index in [0.717, 1.165) is 34.4 Å². The molecule has 2 aromatic rings. The van der Waals surface area contributed by atoms with Gasteiger partial charge in [-0.25, -0.2) is 0 Å². The molecule has 4 heteroatoms. The topological polar surface area (TPSA) is 42.5 Å². The quantitative estimate of drug-likeness (QED) is 0.719. The van der Waals surface area contributed by atoms with Gasteiger partial charge in [-0.15, -0.1) is 0 Å². The molecule has 0 saturated heterocycles. The van der Waals surface area contributed by atoms with E-state index < -0.39 is 0 Å². The van der Waals surface area contributed by atoms with Crippen LogP contribution < -0.4 is 20.1 Å². The molecule has 92 valence electrons. The van der Waals surface area contributed by atoms with Gasteiger partial charge in [-0.2, -0.15) is 0 Å². The predicted molar refractivity (Wildman–Crippen MR) is 72.1 cm³/mol. The Balaban J connectivity index is 2.00. The number of rotatable bonds is 2. The molecule has 0 fully saturated rings. The summed E-state index contributed by atoms with van der Waals surface area (Å²) in [5.41, 5.74) is 1.99. The van der Waals surface area contributed by atoms with Crippen molar-refractivity contribution in [3.05, 3.63) is 36.4 Å². The van der Waals surface area contributed by atoms with Gasteiger partial charge >= 0.3 is 0 Å². The van der Waals surface area contributed by atoms with E-state index in [2.05, 4.69) is 10.6 Å². The molecule has 0 unspecified atom stereocenters. The van der Waals surface area contributed by atoms with Crippen molar-refractivity contribution in [1.82, 2.24) is 0 Å². The average molecular weight is 242 g/mol. The second kappa shape index (κ2) is 4.14. The first-order valence-corrected chi connectivity index (χ1v) is 5.79. The third-order valence-electron chi connectivity index (χ3n) is 2.90. The molecule has 0 bridgehead atoms. The van der Waals surface area contributed by atoms with Crippen LogP contribution in [0.2, 0.25) is 0 Å². The van der Waals surface area contributed by atoms with Crippen molar-refractivity contribution in [2.75, 3.05) is 24.7 Å². The first kappa shape index (κ1) is 10.8. The molecule has 0 aromatic heterocycles. The van der Waals surface area contributed by atoms with E-state index in [1.165, 1.54) is 0 Å². The van der Waals surface area contributed by atoms with Gasteiger partial charge in [-0.1, -0.05) is 0 Å². The minimum Gasteiger partial charge on any atom is -0.449 e. The lowest BCUT2D eigenvalue weighted by Gasteiger charge is -2.21. The van der Waals surface area contributed by atoms with Crippen molar-refractivity contribution in [2.45, 2.75) is 0 Å². The highest BCUT2D eigenvalue weighted by Crippen LogP contribution is 2.46. The zero-order valence-electron chi connectivity index (χ0n) is 10.3. The van der Waals surface area contributed by atoms with Crippen LogP contribution in [0.15, 0.2) is 36.4 Å². The maximum atomic E-state index is 5.83. The summed E-state index contributed by atoms with van der Waals surface area (Å²) < 4.78 is 11.7. The van der Waals surface area contributed by atoms with Gasteiger partial charge in [0.1, 0.15) is 0 Å². The molecule has 0 aliphatic carbocycles. The minimum atomic E-state index is 0.728. The standard InChI is InChI=1S/C14H14N2O2/c1-15-9-3-5-11-13(7-9)17-12-6-4-10(16-2)8-14(12)18-11/h3-8,15-16H,1-2H3. The largest absolute Gasteiger partial charge is 0.449 e. The second-order valence-electron chi connectivity index (χ2n) is 4.03. The third-order valence-corrected chi connectivity index (χ3v) is 2.90. The molecular weight excluding hydrogens is 228 g/mol. The van der Waals surface area contributed by atoms with Gasteiger partial charge in [0.15, 0.2) is 23.0 Å². The summed E-state index contributed by atoms with van der Waals surface area (Å²) in [5.74, 6) is 2.92. The predicted octanol–water partition coefficient (Wildman–Crippen LogP) is 3.67. The van der Waals surface area contributed by atoms with Crippen LogP contribution >= 0.6 is 0 Å². The normalized spacial score (nSPS) is 11.7. The lowest BCUT2D eigenvalue weighted by molar-refractivity contribution is 0.360. The molecule has 0 amide bonds. The van der Waals surface area contributed by atoms with Crippen LogP contribution in [-0.4, -0.2) is 14.1 Å². The lowest BCUT2D eigenvalue weighted by Crippen LogP contribution is -2.00. The Labute approximate surface area is 106 Å². The highest BCUT2D eigenvalue weighted by atomic mass is 16.6. The molecule has 3 rings (SSSR count). The smallest absolute Gasteiger partial charge is 0.172 e. The SMILES string of the molecule is CNc1ccc2c(c1)Oc1ccc(NC)cc1O2. The van der Waals surface area contributed by atoms with Crippen molar-refractivity contribution in [3.63, 3.8) is 0 Å². The van der Waals surface area contributed by atoms with E-state index >= 15 is 0 Å². The molecule has 0 radical (unpaired) electrons. The molecule has 1 aliphatic heterocycles. The van der Waals surface area contributed by atoms with Gasteiger partial charge in [0.2, 0.25) is 0 Å². The van der Waals surface area contributed by atoms with Crippen LogP contribution in [0, 0.1) is 0 Å². The molecule has 2 N–H and O–H groups in total. The molecule has 4 nitrogen and oxygen atoms in total. The number of benzene rings is 2. The first-order valence-electron chi connectivity index (χ1n) is 5.79. The molecular formula is C14H14N2O2. The third kappa shape index (κ3) is 1.72. The summed E-state index contributed by atoms with van der Waals surface area (Å²) in [6, 6.07) is 11.5. The van der Waals surface area contributed by atoms with E-state index in [1.54, 1.807) is 0 Å². The number of nitrogens with one attached hydrogen (secondary N) is 2. The van der Waals surface area contributed by atoms with Gasteiger partial charge in [-0.3, -0.25) is 0 Å². The van der Waals surface area contributed by atoms with E-state index in [9.17, 15) is 0 Å². The zero-order chi connectivity index (χ0) is 12.5. The molecule has 1 heterocycles. The Morgan fingerprint density at radius 2 is 1.11 bits per heavy atom. The Bertz CT molecular complexity index is 543. The van der Waals surface area contributed by atoms with E-state index in [-0.39, 0.29) is 0 Å². The highest BCUT2D eigenvalue weighted by molar-refractivity contribution is 5.63. The monoisotopic (exact) mass is 242 g/mol. The van der Waals surface area contributed by atoms with E-state index in [4.69, 9.17) is 9.47 Å². The fourth-order valence-corrected chi connectivity index (χ4v) is 1.89. The molecule has 2 aromatic carbocycles. The number of hydrogen-bond donors (Lipinski definition) is 2. The Kier molecular flexibility index (Phi) is 2.48. The Hall–Kier alpha value is -2.36. The molecule has 0 atom stereocenters. The van der Waals surface area contributed by atoms with Crippen molar-refractivity contribution >= 4 is 11.4 Å². The molecule has 0 saturated carbocycles.